The second kappa shape index (κ2) is 5.12. The summed E-state index contributed by atoms with van der Waals surface area (Å²) in [7, 11) is 0. The summed E-state index contributed by atoms with van der Waals surface area (Å²) in [5, 5.41) is 2.43. The number of anilines is 1. The maximum absolute atomic E-state index is 12.9. The summed E-state index contributed by atoms with van der Waals surface area (Å²) >= 11 is 0. The van der Waals surface area contributed by atoms with Crippen LogP contribution < -0.4 is 10.1 Å². The number of hydrogen-bond donors (Lipinski definition) is 1. The van der Waals surface area contributed by atoms with Crippen molar-refractivity contribution in [1.29, 1.82) is 0 Å². The molecule has 2 rings (SSSR count). The van der Waals surface area contributed by atoms with Crippen molar-refractivity contribution in [3.63, 3.8) is 0 Å². The second-order valence-corrected chi connectivity index (χ2v) is 3.34. The molecule has 0 spiro atoms. The van der Waals surface area contributed by atoms with Gasteiger partial charge in [-0.1, -0.05) is 24.3 Å². The fourth-order valence-electron chi connectivity index (χ4n) is 1.31. The predicted molar refractivity (Wildman–Crippen MR) is 62.5 cm³/mol. The first-order valence-corrected chi connectivity index (χ1v) is 5.03. The van der Waals surface area contributed by atoms with Crippen LogP contribution in [-0.4, -0.2) is 6.09 Å². The molecule has 0 atom stereocenters. The molecular weight excluding hydrogens is 221 g/mol. The standard InChI is InChI=1S/C13H10FNO2/c14-10-5-4-6-11(9-10)15-13(16)17-12-7-2-1-3-8-12/h1-9H,(H,15,16). The van der Waals surface area contributed by atoms with Crippen LogP contribution in [0.3, 0.4) is 0 Å². The van der Waals surface area contributed by atoms with Gasteiger partial charge in [-0.15, -0.1) is 0 Å². The highest BCUT2D eigenvalue weighted by atomic mass is 19.1. The number of para-hydroxylation sites is 1. The lowest BCUT2D eigenvalue weighted by atomic mass is 10.3. The minimum Gasteiger partial charge on any atom is -0.410 e. The zero-order valence-electron chi connectivity index (χ0n) is 8.89. The van der Waals surface area contributed by atoms with E-state index in [1.165, 1.54) is 18.2 Å². The number of carbonyl (C=O) groups excluding carboxylic acids is 1. The Bertz CT molecular complexity index is 514. The molecule has 1 N–H and O–H groups in total. The van der Waals surface area contributed by atoms with Gasteiger partial charge in [0.15, 0.2) is 0 Å². The highest BCUT2D eigenvalue weighted by molar-refractivity contribution is 5.86. The zero-order valence-corrected chi connectivity index (χ0v) is 8.89. The van der Waals surface area contributed by atoms with Crippen LogP contribution in [0, 0.1) is 5.82 Å². The highest BCUT2D eigenvalue weighted by Gasteiger charge is 2.04. The smallest absolute Gasteiger partial charge is 0.410 e. The van der Waals surface area contributed by atoms with Crippen molar-refractivity contribution in [1.82, 2.24) is 0 Å². The van der Waals surface area contributed by atoms with Crippen LogP contribution in [0.2, 0.25) is 0 Å². The van der Waals surface area contributed by atoms with Gasteiger partial charge in [0.25, 0.3) is 0 Å². The summed E-state index contributed by atoms with van der Waals surface area (Å²) in [5.74, 6) is 0.0175. The molecular formula is C13H10FNO2. The van der Waals surface area contributed by atoms with Gasteiger partial charge in [0, 0.05) is 5.69 Å². The lowest BCUT2D eigenvalue weighted by Gasteiger charge is -2.06. The first-order valence-electron chi connectivity index (χ1n) is 5.03. The first kappa shape index (κ1) is 11.1. The average Bonchev–Trinajstić information content (AvgIpc) is 2.30. The average molecular weight is 231 g/mol. The molecule has 0 heterocycles. The molecule has 2 aromatic rings. The van der Waals surface area contributed by atoms with Gasteiger partial charge in [-0.05, 0) is 30.3 Å². The Kier molecular flexibility index (Phi) is 3.35. The van der Waals surface area contributed by atoms with Gasteiger partial charge in [0.2, 0.25) is 0 Å². The van der Waals surface area contributed by atoms with Crippen molar-refractivity contribution in [2.75, 3.05) is 5.32 Å². The molecule has 2 aromatic carbocycles. The molecule has 0 saturated carbocycles. The number of carbonyl (C=O) groups is 1. The van der Waals surface area contributed by atoms with Crippen molar-refractivity contribution >= 4 is 11.8 Å². The minimum absolute atomic E-state index is 0.353. The molecule has 0 aliphatic rings. The van der Waals surface area contributed by atoms with E-state index in [0.717, 1.165) is 0 Å². The molecule has 86 valence electrons. The number of rotatable bonds is 2. The van der Waals surface area contributed by atoms with E-state index in [1.807, 2.05) is 6.07 Å². The van der Waals surface area contributed by atoms with E-state index < -0.39 is 11.9 Å². The lowest BCUT2D eigenvalue weighted by molar-refractivity contribution is 0.215. The van der Waals surface area contributed by atoms with Gasteiger partial charge in [-0.2, -0.15) is 0 Å². The number of nitrogens with one attached hydrogen (secondary N) is 1. The summed E-state index contributed by atoms with van der Waals surface area (Å²) in [6, 6.07) is 14.2. The Morgan fingerprint density at radius 1 is 1.06 bits per heavy atom. The molecule has 0 fully saturated rings. The van der Waals surface area contributed by atoms with Gasteiger partial charge in [0.1, 0.15) is 11.6 Å². The summed E-state index contributed by atoms with van der Waals surface area (Å²) < 4.78 is 17.8. The molecule has 3 nitrogen and oxygen atoms in total. The van der Waals surface area contributed by atoms with E-state index in [-0.39, 0.29) is 0 Å². The molecule has 0 aromatic heterocycles. The van der Waals surface area contributed by atoms with Crippen LogP contribution in [0.4, 0.5) is 14.9 Å². The number of halogens is 1. The number of benzene rings is 2. The molecule has 1 amide bonds. The molecule has 17 heavy (non-hydrogen) atoms. The van der Waals surface area contributed by atoms with Gasteiger partial charge >= 0.3 is 6.09 Å². The van der Waals surface area contributed by atoms with Crippen LogP contribution in [0.1, 0.15) is 0 Å². The molecule has 0 bridgehead atoms. The molecule has 4 heteroatoms. The van der Waals surface area contributed by atoms with E-state index in [4.69, 9.17) is 4.74 Å². The molecule has 0 aliphatic heterocycles. The summed E-state index contributed by atoms with van der Waals surface area (Å²) in [4.78, 5) is 11.4. The third kappa shape index (κ3) is 3.31. The van der Waals surface area contributed by atoms with Gasteiger partial charge in [-0.3, -0.25) is 5.32 Å². The van der Waals surface area contributed by atoms with Crippen LogP contribution >= 0.6 is 0 Å². The summed E-state index contributed by atoms with van der Waals surface area (Å²) in [5.41, 5.74) is 0.353. The third-order valence-electron chi connectivity index (χ3n) is 2.02. The first-order chi connectivity index (χ1) is 8.24. The van der Waals surface area contributed by atoms with E-state index >= 15 is 0 Å². The summed E-state index contributed by atoms with van der Waals surface area (Å²) in [6.45, 7) is 0. The van der Waals surface area contributed by atoms with E-state index in [9.17, 15) is 9.18 Å². The highest BCUT2D eigenvalue weighted by Crippen LogP contribution is 2.12. The SMILES string of the molecule is O=C(Nc1cccc(F)c1)Oc1ccccc1. The van der Waals surface area contributed by atoms with Crippen molar-refractivity contribution in [2.45, 2.75) is 0 Å². The fourth-order valence-corrected chi connectivity index (χ4v) is 1.31. The Morgan fingerprint density at radius 2 is 1.82 bits per heavy atom. The van der Waals surface area contributed by atoms with Crippen molar-refractivity contribution in [3.05, 3.63) is 60.4 Å². The Morgan fingerprint density at radius 3 is 2.53 bits per heavy atom. The van der Waals surface area contributed by atoms with E-state index in [0.29, 0.717) is 11.4 Å². The van der Waals surface area contributed by atoms with Crippen molar-refractivity contribution < 1.29 is 13.9 Å². The maximum Gasteiger partial charge on any atom is 0.417 e. The largest absolute Gasteiger partial charge is 0.417 e. The van der Waals surface area contributed by atoms with E-state index in [1.54, 1.807) is 30.3 Å². The Balaban J connectivity index is 1.98. The van der Waals surface area contributed by atoms with Crippen molar-refractivity contribution in [2.24, 2.45) is 0 Å². The third-order valence-corrected chi connectivity index (χ3v) is 2.02. The molecule has 0 aliphatic carbocycles. The van der Waals surface area contributed by atoms with Crippen LogP contribution in [0.15, 0.2) is 54.6 Å². The van der Waals surface area contributed by atoms with Crippen LogP contribution in [0.5, 0.6) is 5.75 Å². The number of ether oxygens (including phenoxy) is 1. The minimum atomic E-state index is -0.651. The predicted octanol–water partition coefficient (Wildman–Crippen LogP) is 3.44. The molecule has 0 radical (unpaired) electrons. The Labute approximate surface area is 97.8 Å². The molecule has 0 unspecified atom stereocenters. The lowest BCUT2D eigenvalue weighted by Crippen LogP contribution is -2.16. The zero-order chi connectivity index (χ0) is 12.1. The summed E-state index contributed by atoms with van der Waals surface area (Å²) in [6.07, 6.45) is -0.651. The maximum atomic E-state index is 12.9. The monoisotopic (exact) mass is 231 g/mol. The number of amides is 1. The fraction of sp³-hybridized carbons (Fsp3) is 0. The van der Waals surface area contributed by atoms with Crippen LogP contribution in [-0.2, 0) is 0 Å². The topological polar surface area (TPSA) is 38.3 Å². The van der Waals surface area contributed by atoms with Crippen molar-refractivity contribution in [3.8, 4) is 5.75 Å². The van der Waals surface area contributed by atoms with Gasteiger partial charge in [-0.25, -0.2) is 9.18 Å². The second-order valence-electron chi connectivity index (χ2n) is 3.34. The van der Waals surface area contributed by atoms with E-state index in [2.05, 4.69) is 5.32 Å². The Hall–Kier alpha value is -2.36. The normalized spacial score (nSPS) is 9.71. The molecule has 0 saturated heterocycles. The van der Waals surface area contributed by atoms with Gasteiger partial charge in [0.05, 0.1) is 0 Å². The quantitative estimate of drug-likeness (QED) is 0.859. The number of hydrogen-bond acceptors (Lipinski definition) is 2. The van der Waals surface area contributed by atoms with Gasteiger partial charge < -0.3 is 4.74 Å². The van der Waals surface area contributed by atoms with Crippen LogP contribution in [0.25, 0.3) is 0 Å².